The average Bonchev–Trinajstić information content (AvgIpc) is 2.28. The number of rotatable bonds is 5. The number of aryl methyl sites for hydroxylation is 1. The van der Waals surface area contributed by atoms with Crippen LogP contribution in [-0.4, -0.2) is 17.7 Å². The topological polar surface area (TPSA) is 46.5 Å². The Labute approximate surface area is 102 Å². The minimum Gasteiger partial charge on any atom is -0.466 e. The first-order chi connectivity index (χ1) is 7.95. The van der Waals surface area contributed by atoms with Crippen molar-refractivity contribution in [3.05, 3.63) is 35.4 Å². The van der Waals surface area contributed by atoms with E-state index >= 15 is 0 Å². The SMILES string of the molecule is CCOC(=O)CCC(C)(O)c1ccc(C)cc1. The number of hydrogen-bond donors (Lipinski definition) is 1. The number of esters is 1. The smallest absolute Gasteiger partial charge is 0.305 e. The van der Waals surface area contributed by atoms with Crippen LogP contribution < -0.4 is 0 Å². The molecule has 0 fully saturated rings. The van der Waals surface area contributed by atoms with Crippen molar-refractivity contribution < 1.29 is 14.6 Å². The molecule has 1 unspecified atom stereocenters. The molecular formula is C14H20O3. The lowest BCUT2D eigenvalue weighted by atomic mass is 9.90. The lowest BCUT2D eigenvalue weighted by Gasteiger charge is -2.23. The third kappa shape index (κ3) is 4.19. The molecule has 0 saturated heterocycles. The van der Waals surface area contributed by atoms with Crippen molar-refractivity contribution in [2.45, 2.75) is 39.2 Å². The molecule has 0 radical (unpaired) electrons. The summed E-state index contributed by atoms with van der Waals surface area (Å²) in [6, 6.07) is 7.68. The first-order valence-corrected chi connectivity index (χ1v) is 5.91. The Morgan fingerprint density at radius 1 is 1.35 bits per heavy atom. The van der Waals surface area contributed by atoms with E-state index in [1.54, 1.807) is 13.8 Å². The third-order valence-corrected chi connectivity index (χ3v) is 2.79. The predicted octanol–water partition coefficient (Wildman–Crippen LogP) is 2.55. The van der Waals surface area contributed by atoms with Gasteiger partial charge in [0, 0.05) is 6.42 Å². The maximum atomic E-state index is 11.2. The van der Waals surface area contributed by atoms with Crippen LogP contribution in [0.2, 0.25) is 0 Å². The summed E-state index contributed by atoms with van der Waals surface area (Å²) in [4.78, 5) is 11.2. The van der Waals surface area contributed by atoms with E-state index in [2.05, 4.69) is 0 Å². The van der Waals surface area contributed by atoms with E-state index in [4.69, 9.17) is 4.74 Å². The van der Waals surface area contributed by atoms with Gasteiger partial charge in [-0.05, 0) is 32.8 Å². The standard InChI is InChI=1S/C14H20O3/c1-4-17-13(15)9-10-14(3,16)12-7-5-11(2)6-8-12/h5-8,16H,4,9-10H2,1-3H3. The molecule has 0 bridgehead atoms. The van der Waals surface area contributed by atoms with Crippen molar-refractivity contribution in [2.75, 3.05) is 6.61 Å². The largest absolute Gasteiger partial charge is 0.466 e. The van der Waals surface area contributed by atoms with Gasteiger partial charge in [0.2, 0.25) is 0 Å². The van der Waals surface area contributed by atoms with Crippen molar-refractivity contribution >= 4 is 5.97 Å². The van der Waals surface area contributed by atoms with Crippen LogP contribution in [0.5, 0.6) is 0 Å². The Morgan fingerprint density at radius 2 is 1.94 bits per heavy atom. The predicted molar refractivity (Wildman–Crippen MR) is 66.6 cm³/mol. The monoisotopic (exact) mass is 236 g/mol. The molecule has 0 aliphatic carbocycles. The van der Waals surface area contributed by atoms with E-state index in [1.807, 2.05) is 31.2 Å². The summed E-state index contributed by atoms with van der Waals surface area (Å²) in [7, 11) is 0. The first kappa shape index (κ1) is 13.7. The Bertz CT molecular complexity index is 366. The maximum absolute atomic E-state index is 11.2. The van der Waals surface area contributed by atoms with Gasteiger partial charge in [-0.2, -0.15) is 0 Å². The molecule has 0 heterocycles. The molecule has 1 N–H and O–H groups in total. The van der Waals surface area contributed by atoms with Gasteiger partial charge in [-0.1, -0.05) is 29.8 Å². The van der Waals surface area contributed by atoms with Crippen LogP contribution in [0.25, 0.3) is 0 Å². The second-order valence-corrected chi connectivity index (χ2v) is 4.44. The molecule has 17 heavy (non-hydrogen) atoms. The van der Waals surface area contributed by atoms with Crippen LogP contribution in [0.3, 0.4) is 0 Å². The summed E-state index contributed by atoms with van der Waals surface area (Å²) in [6.45, 7) is 5.87. The number of hydrogen-bond acceptors (Lipinski definition) is 3. The van der Waals surface area contributed by atoms with Crippen molar-refractivity contribution in [2.24, 2.45) is 0 Å². The fraction of sp³-hybridized carbons (Fsp3) is 0.500. The van der Waals surface area contributed by atoms with Crippen molar-refractivity contribution in [3.8, 4) is 0 Å². The molecule has 0 aromatic heterocycles. The quantitative estimate of drug-likeness (QED) is 0.799. The molecule has 3 heteroatoms. The summed E-state index contributed by atoms with van der Waals surface area (Å²) in [5.41, 5.74) is 0.989. The van der Waals surface area contributed by atoms with Crippen LogP contribution in [0.15, 0.2) is 24.3 Å². The lowest BCUT2D eigenvalue weighted by Crippen LogP contribution is -2.22. The second kappa shape index (κ2) is 5.82. The van der Waals surface area contributed by atoms with Crippen LogP contribution in [-0.2, 0) is 15.1 Å². The van der Waals surface area contributed by atoms with Crippen molar-refractivity contribution in [1.29, 1.82) is 0 Å². The Morgan fingerprint density at radius 3 is 2.47 bits per heavy atom. The molecule has 0 aliphatic heterocycles. The van der Waals surface area contributed by atoms with Crippen molar-refractivity contribution in [1.82, 2.24) is 0 Å². The van der Waals surface area contributed by atoms with Crippen LogP contribution in [0.1, 0.15) is 37.8 Å². The summed E-state index contributed by atoms with van der Waals surface area (Å²) in [5, 5.41) is 10.3. The Balaban J connectivity index is 2.61. The summed E-state index contributed by atoms with van der Waals surface area (Å²) < 4.78 is 4.84. The summed E-state index contributed by atoms with van der Waals surface area (Å²) in [5.74, 6) is -0.264. The van der Waals surface area contributed by atoms with Gasteiger partial charge in [0.15, 0.2) is 0 Å². The van der Waals surface area contributed by atoms with Gasteiger partial charge in [-0.25, -0.2) is 0 Å². The van der Waals surface area contributed by atoms with Crippen LogP contribution in [0.4, 0.5) is 0 Å². The van der Waals surface area contributed by atoms with Gasteiger partial charge in [-0.3, -0.25) is 4.79 Å². The highest BCUT2D eigenvalue weighted by molar-refractivity contribution is 5.69. The van der Waals surface area contributed by atoms with E-state index < -0.39 is 5.60 Å². The Kier molecular flexibility index (Phi) is 4.70. The molecule has 94 valence electrons. The molecule has 1 rings (SSSR count). The second-order valence-electron chi connectivity index (χ2n) is 4.44. The normalized spacial score (nSPS) is 14.1. The minimum atomic E-state index is -0.986. The zero-order valence-electron chi connectivity index (χ0n) is 10.7. The molecule has 0 spiro atoms. The van der Waals surface area contributed by atoms with Gasteiger partial charge in [0.1, 0.15) is 0 Å². The summed E-state index contributed by atoms with van der Waals surface area (Å²) >= 11 is 0. The van der Waals surface area contributed by atoms with E-state index in [0.717, 1.165) is 11.1 Å². The molecule has 1 atom stereocenters. The molecule has 0 aliphatic rings. The number of carbonyl (C=O) groups is 1. The lowest BCUT2D eigenvalue weighted by molar-refractivity contribution is -0.144. The van der Waals surface area contributed by atoms with E-state index in [0.29, 0.717) is 13.0 Å². The zero-order valence-corrected chi connectivity index (χ0v) is 10.7. The van der Waals surface area contributed by atoms with E-state index in [1.165, 1.54) is 0 Å². The zero-order chi connectivity index (χ0) is 12.9. The Hall–Kier alpha value is -1.35. The van der Waals surface area contributed by atoms with Crippen LogP contribution >= 0.6 is 0 Å². The molecular weight excluding hydrogens is 216 g/mol. The number of ether oxygens (including phenoxy) is 1. The molecule has 1 aromatic rings. The van der Waals surface area contributed by atoms with Gasteiger partial charge in [0.25, 0.3) is 0 Å². The van der Waals surface area contributed by atoms with Gasteiger partial charge < -0.3 is 9.84 Å². The first-order valence-electron chi connectivity index (χ1n) is 5.91. The minimum absolute atomic E-state index is 0.231. The fourth-order valence-corrected chi connectivity index (χ4v) is 1.64. The molecule has 0 saturated carbocycles. The summed E-state index contributed by atoms with van der Waals surface area (Å²) in [6.07, 6.45) is 0.601. The molecule has 1 aromatic carbocycles. The van der Waals surface area contributed by atoms with E-state index in [-0.39, 0.29) is 12.4 Å². The van der Waals surface area contributed by atoms with Gasteiger partial charge in [-0.15, -0.1) is 0 Å². The third-order valence-electron chi connectivity index (χ3n) is 2.79. The maximum Gasteiger partial charge on any atom is 0.305 e. The van der Waals surface area contributed by atoms with Gasteiger partial charge >= 0.3 is 5.97 Å². The number of carbonyl (C=O) groups excluding carboxylic acids is 1. The molecule has 3 nitrogen and oxygen atoms in total. The molecule has 0 amide bonds. The number of benzene rings is 1. The fourth-order valence-electron chi connectivity index (χ4n) is 1.64. The highest BCUT2D eigenvalue weighted by atomic mass is 16.5. The number of aliphatic hydroxyl groups is 1. The highest BCUT2D eigenvalue weighted by Gasteiger charge is 2.24. The highest BCUT2D eigenvalue weighted by Crippen LogP contribution is 2.26. The average molecular weight is 236 g/mol. The van der Waals surface area contributed by atoms with Crippen molar-refractivity contribution in [3.63, 3.8) is 0 Å². The van der Waals surface area contributed by atoms with Gasteiger partial charge in [0.05, 0.1) is 12.2 Å². The van der Waals surface area contributed by atoms with Crippen LogP contribution in [0, 0.1) is 6.92 Å². The van der Waals surface area contributed by atoms with E-state index in [9.17, 15) is 9.90 Å².